The van der Waals surface area contributed by atoms with Crippen molar-refractivity contribution in [1.82, 2.24) is 25.1 Å². The minimum atomic E-state index is -0.129. The fourth-order valence-corrected chi connectivity index (χ4v) is 6.94. The highest BCUT2D eigenvalue weighted by Gasteiger charge is 2.46. The summed E-state index contributed by atoms with van der Waals surface area (Å²) in [5.74, 6) is 5.24. The lowest BCUT2D eigenvalue weighted by molar-refractivity contribution is -0.133. The van der Waals surface area contributed by atoms with Crippen molar-refractivity contribution in [2.75, 3.05) is 29.9 Å². The van der Waals surface area contributed by atoms with Crippen molar-refractivity contribution < 1.29 is 4.79 Å². The summed E-state index contributed by atoms with van der Waals surface area (Å²) in [6.45, 7) is 2.63. The first kappa shape index (κ1) is 20.7. The Morgan fingerprint density at radius 2 is 1.82 bits per heavy atom. The van der Waals surface area contributed by atoms with E-state index in [1.807, 2.05) is 0 Å². The molecule has 4 fully saturated rings. The number of anilines is 3. The van der Waals surface area contributed by atoms with Crippen molar-refractivity contribution in [2.24, 2.45) is 11.8 Å². The van der Waals surface area contributed by atoms with Gasteiger partial charge < -0.3 is 15.1 Å². The Labute approximate surface area is 200 Å². The highest BCUT2D eigenvalue weighted by Crippen LogP contribution is 2.57. The van der Waals surface area contributed by atoms with Crippen molar-refractivity contribution in [1.29, 1.82) is 0 Å². The van der Waals surface area contributed by atoms with Gasteiger partial charge in [0.25, 0.3) is 0 Å². The molecule has 7 rings (SSSR count). The number of carbonyl (C=O) groups excluding carboxylic acids is 1. The Morgan fingerprint density at radius 1 is 0.971 bits per heavy atom. The van der Waals surface area contributed by atoms with E-state index in [4.69, 9.17) is 9.97 Å². The minimum absolute atomic E-state index is 0.129. The molecule has 8 heteroatoms. The molecular weight excluding hydrogens is 426 g/mol. The number of rotatable bonds is 5. The summed E-state index contributed by atoms with van der Waals surface area (Å²) in [5, 5.41) is 11.4. The molecular formula is C26H35N7O. The van der Waals surface area contributed by atoms with Crippen LogP contribution in [-0.4, -0.2) is 56.6 Å². The van der Waals surface area contributed by atoms with Gasteiger partial charge in [0.05, 0.1) is 5.69 Å². The van der Waals surface area contributed by atoms with Crippen LogP contribution in [-0.2, 0) is 17.6 Å². The van der Waals surface area contributed by atoms with Crippen LogP contribution in [0.1, 0.15) is 80.7 Å². The van der Waals surface area contributed by atoms with E-state index in [1.54, 1.807) is 0 Å². The van der Waals surface area contributed by atoms with Gasteiger partial charge in [-0.3, -0.25) is 9.89 Å². The summed E-state index contributed by atoms with van der Waals surface area (Å²) in [5.41, 5.74) is 3.61. The minimum Gasteiger partial charge on any atom is -0.341 e. The van der Waals surface area contributed by atoms with E-state index < -0.39 is 0 Å². The molecule has 3 aliphatic carbocycles. The number of fused-ring (bicyclic) bond motifs is 2. The molecule has 0 spiro atoms. The molecule has 2 saturated carbocycles. The molecule has 2 aromatic rings. The number of hydrogen-bond donors (Lipinski definition) is 2. The maximum absolute atomic E-state index is 13.3. The molecule has 180 valence electrons. The number of likely N-dealkylation sites (tertiary alicyclic amines) is 1. The van der Waals surface area contributed by atoms with Crippen molar-refractivity contribution in [3.8, 4) is 0 Å². The number of aromatic amines is 1. The predicted octanol–water partition coefficient (Wildman–Crippen LogP) is 3.93. The molecule has 0 bridgehead atoms. The fourth-order valence-electron chi connectivity index (χ4n) is 6.94. The number of amides is 1. The Kier molecular flexibility index (Phi) is 5.02. The number of H-pyrrole nitrogens is 1. The Balaban J connectivity index is 1.14. The largest absolute Gasteiger partial charge is 0.341 e. The van der Waals surface area contributed by atoms with E-state index in [2.05, 4.69) is 31.4 Å². The van der Waals surface area contributed by atoms with Gasteiger partial charge in [-0.05, 0) is 82.5 Å². The zero-order chi connectivity index (χ0) is 22.6. The third-order valence-corrected chi connectivity index (χ3v) is 8.91. The van der Waals surface area contributed by atoms with Crippen LogP contribution < -0.4 is 10.2 Å². The summed E-state index contributed by atoms with van der Waals surface area (Å²) in [6.07, 6.45) is 12.5. The monoisotopic (exact) mass is 461 g/mol. The Morgan fingerprint density at radius 3 is 2.68 bits per heavy atom. The second-order valence-corrected chi connectivity index (χ2v) is 11.1. The molecule has 0 aromatic carbocycles. The van der Waals surface area contributed by atoms with Crippen LogP contribution in [0.15, 0.2) is 6.07 Å². The molecule has 5 aliphatic rings. The van der Waals surface area contributed by atoms with E-state index in [1.165, 1.54) is 36.9 Å². The number of piperidine rings is 1. The number of carbonyl (C=O) groups is 1. The summed E-state index contributed by atoms with van der Waals surface area (Å²) < 4.78 is 0. The van der Waals surface area contributed by atoms with Gasteiger partial charge in [0.15, 0.2) is 5.82 Å². The van der Waals surface area contributed by atoms with Gasteiger partial charge in [-0.15, -0.1) is 0 Å². The van der Waals surface area contributed by atoms with Gasteiger partial charge >= 0.3 is 0 Å². The average Bonchev–Trinajstić information content (AvgIpc) is 3.43. The first-order valence-electron chi connectivity index (χ1n) is 13.5. The topological polar surface area (TPSA) is 90.0 Å². The van der Waals surface area contributed by atoms with Crippen LogP contribution >= 0.6 is 0 Å². The maximum atomic E-state index is 13.3. The highest BCUT2D eigenvalue weighted by molar-refractivity contribution is 5.85. The second kappa shape index (κ2) is 8.24. The summed E-state index contributed by atoms with van der Waals surface area (Å²) in [7, 11) is 0. The van der Waals surface area contributed by atoms with Gasteiger partial charge in [-0.25, -0.2) is 4.98 Å². The molecule has 34 heavy (non-hydrogen) atoms. The molecule has 4 heterocycles. The zero-order valence-corrected chi connectivity index (χ0v) is 19.9. The second-order valence-electron chi connectivity index (χ2n) is 11.1. The van der Waals surface area contributed by atoms with Crippen LogP contribution in [0, 0.1) is 11.8 Å². The first-order valence-corrected chi connectivity index (χ1v) is 13.5. The van der Waals surface area contributed by atoms with Crippen LogP contribution in [0.25, 0.3) is 0 Å². The van der Waals surface area contributed by atoms with E-state index in [0.29, 0.717) is 11.9 Å². The zero-order valence-electron chi connectivity index (χ0n) is 19.9. The quantitative estimate of drug-likeness (QED) is 0.701. The Bertz CT molecular complexity index is 1080. The first-order chi connectivity index (χ1) is 16.7. The lowest BCUT2D eigenvalue weighted by Crippen LogP contribution is -2.48. The third-order valence-electron chi connectivity index (χ3n) is 8.91. The van der Waals surface area contributed by atoms with Crippen molar-refractivity contribution in [3.63, 3.8) is 0 Å². The van der Waals surface area contributed by atoms with E-state index >= 15 is 0 Å². The molecule has 3 atom stereocenters. The molecule has 2 unspecified atom stereocenters. The number of nitrogens with one attached hydrogen (secondary N) is 2. The molecule has 8 nitrogen and oxygen atoms in total. The summed E-state index contributed by atoms with van der Waals surface area (Å²) >= 11 is 0. The predicted molar refractivity (Wildman–Crippen MR) is 130 cm³/mol. The molecule has 1 amide bonds. The summed E-state index contributed by atoms with van der Waals surface area (Å²) in [4.78, 5) is 27.6. The van der Waals surface area contributed by atoms with Gasteiger partial charge in [-0.1, -0.05) is 0 Å². The van der Waals surface area contributed by atoms with E-state index in [9.17, 15) is 4.79 Å². The van der Waals surface area contributed by atoms with Crippen LogP contribution in [0.5, 0.6) is 0 Å². The lowest BCUT2D eigenvalue weighted by Gasteiger charge is -2.32. The van der Waals surface area contributed by atoms with Gasteiger partial charge in [-0.2, -0.15) is 10.1 Å². The average molecular weight is 462 g/mol. The summed E-state index contributed by atoms with van der Waals surface area (Å²) in [6, 6.07) is 2.05. The van der Waals surface area contributed by atoms with Crippen LogP contribution in [0.3, 0.4) is 0 Å². The lowest BCUT2D eigenvalue weighted by atomic mass is 10.00. The Hall–Kier alpha value is -2.64. The molecule has 2 N–H and O–H groups in total. The number of hydrogen-bond acceptors (Lipinski definition) is 6. The number of aromatic nitrogens is 4. The molecule has 2 saturated heterocycles. The maximum Gasteiger partial charge on any atom is 0.245 e. The normalized spacial score (nSPS) is 29.9. The van der Waals surface area contributed by atoms with Gasteiger partial charge in [0.1, 0.15) is 11.9 Å². The van der Waals surface area contributed by atoms with E-state index in [-0.39, 0.29) is 11.9 Å². The van der Waals surface area contributed by atoms with Crippen LogP contribution in [0.2, 0.25) is 0 Å². The van der Waals surface area contributed by atoms with Crippen molar-refractivity contribution in [2.45, 2.75) is 82.6 Å². The van der Waals surface area contributed by atoms with E-state index in [0.717, 1.165) is 93.7 Å². The highest BCUT2D eigenvalue weighted by atomic mass is 16.2. The SMILES string of the molecule is O=C([C@H]1CCCN1c1nc2c(c(Nc3cc(C4CC5CC5C4)[nH]n3)n1)CCC2)N1CCCCC1. The molecule has 0 radical (unpaired) electrons. The number of nitrogens with zero attached hydrogens (tertiary/aromatic N) is 5. The number of aryl methyl sites for hydroxylation is 1. The van der Waals surface area contributed by atoms with Crippen molar-refractivity contribution in [3.05, 3.63) is 23.0 Å². The smallest absolute Gasteiger partial charge is 0.245 e. The van der Waals surface area contributed by atoms with Gasteiger partial charge in [0, 0.05) is 42.9 Å². The fraction of sp³-hybridized carbons (Fsp3) is 0.692. The molecule has 2 aromatic heterocycles. The third kappa shape index (κ3) is 3.66. The molecule has 2 aliphatic heterocycles. The van der Waals surface area contributed by atoms with Gasteiger partial charge in [0.2, 0.25) is 11.9 Å². The van der Waals surface area contributed by atoms with Crippen molar-refractivity contribution >= 4 is 23.5 Å². The van der Waals surface area contributed by atoms with Crippen LogP contribution in [0.4, 0.5) is 17.6 Å². The standard InChI is InChI=1S/C26H35N7O/c34-25(32-9-2-1-3-10-32)22-8-5-11-33(22)26-27-20-7-4-6-19(20)24(29-26)28-23-15-21(30-31-23)18-13-16-12-17(16)14-18/h15-18,22H,1-14H2,(H2,27,28,29,30,31)/t16?,17?,18?,22-/m1/s1.